The van der Waals surface area contributed by atoms with Crippen molar-refractivity contribution in [3.63, 3.8) is 0 Å². The molecule has 0 saturated heterocycles. The molecule has 0 heterocycles. The first-order valence-electron chi connectivity index (χ1n) is 27.9. The zero-order valence-electron chi connectivity index (χ0n) is 43.4. The van der Waals surface area contributed by atoms with Gasteiger partial charge in [0.1, 0.15) is 13.2 Å². The first-order valence-corrected chi connectivity index (χ1v) is 27.9. The Morgan fingerprint density at radius 2 is 0.621 bits per heavy atom. The van der Waals surface area contributed by atoms with Crippen LogP contribution in [0.4, 0.5) is 0 Å². The van der Waals surface area contributed by atoms with Crippen molar-refractivity contribution in [2.75, 3.05) is 13.2 Å². The lowest BCUT2D eigenvalue weighted by Gasteiger charge is -2.18. The summed E-state index contributed by atoms with van der Waals surface area (Å²) < 4.78 is 16.8. The maximum atomic E-state index is 12.8. The zero-order chi connectivity index (χ0) is 47.9. The Bertz CT molecular complexity index is 1240. The van der Waals surface area contributed by atoms with Gasteiger partial charge in [0.25, 0.3) is 0 Å². The fourth-order valence-electron chi connectivity index (χ4n) is 7.78. The summed E-state index contributed by atoms with van der Waals surface area (Å²) in [5.41, 5.74) is 0. The second-order valence-electron chi connectivity index (χ2n) is 18.5. The lowest BCUT2D eigenvalue weighted by Crippen LogP contribution is -2.30. The van der Waals surface area contributed by atoms with E-state index in [4.69, 9.17) is 14.2 Å². The first-order chi connectivity index (χ1) is 32.5. The van der Waals surface area contributed by atoms with Gasteiger partial charge in [-0.1, -0.05) is 248 Å². The summed E-state index contributed by atoms with van der Waals surface area (Å²) in [7, 11) is 0. The summed E-state index contributed by atoms with van der Waals surface area (Å²) in [5.74, 6) is -0.985. The van der Waals surface area contributed by atoms with E-state index in [1.165, 1.54) is 154 Å². The smallest absolute Gasteiger partial charge is 0.306 e. The fourth-order valence-corrected chi connectivity index (χ4v) is 7.78. The molecule has 0 saturated carbocycles. The Balaban J connectivity index is 4.44. The van der Waals surface area contributed by atoms with Crippen molar-refractivity contribution < 1.29 is 28.6 Å². The molecule has 1 unspecified atom stereocenters. The SMILES string of the molecule is CC/C=C\C/C=C\C/C=C\C/C=C\C/C=C\CCC(=O)OC(COC(=O)CCCCCCCCC/C=C\CCCCCCCCCC)COC(=O)CCCCCCCCCCCCCCC. The number of allylic oxidation sites excluding steroid dienone is 12. The van der Waals surface area contributed by atoms with Gasteiger partial charge >= 0.3 is 17.9 Å². The van der Waals surface area contributed by atoms with Crippen LogP contribution in [0.15, 0.2) is 72.9 Å². The van der Waals surface area contributed by atoms with Crippen molar-refractivity contribution in [2.45, 2.75) is 277 Å². The third kappa shape index (κ3) is 51.8. The second kappa shape index (κ2) is 54.5. The van der Waals surface area contributed by atoms with Crippen molar-refractivity contribution in [2.24, 2.45) is 0 Å². The molecule has 0 fully saturated rings. The van der Waals surface area contributed by atoms with E-state index in [-0.39, 0.29) is 37.5 Å². The summed E-state index contributed by atoms with van der Waals surface area (Å²) >= 11 is 0. The van der Waals surface area contributed by atoms with Gasteiger partial charge in [0.05, 0.1) is 0 Å². The molecule has 0 bridgehead atoms. The zero-order valence-corrected chi connectivity index (χ0v) is 43.4. The van der Waals surface area contributed by atoms with E-state index in [1.54, 1.807) is 0 Å². The first kappa shape index (κ1) is 62.8. The van der Waals surface area contributed by atoms with Crippen LogP contribution in [0.1, 0.15) is 271 Å². The van der Waals surface area contributed by atoms with E-state index in [0.29, 0.717) is 19.3 Å². The van der Waals surface area contributed by atoms with Crippen LogP contribution in [-0.4, -0.2) is 37.2 Å². The highest BCUT2D eigenvalue weighted by Gasteiger charge is 2.19. The Hall–Kier alpha value is -3.15. The third-order valence-electron chi connectivity index (χ3n) is 12.0. The monoisotopic (exact) mass is 921 g/mol. The fraction of sp³-hybridized carbons (Fsp3) is 0.750. The van der Waals surface area contributed by atoms with Crippen LogP contribution < -0.4 is 0 Å². The number of unbranched alkanes of at least 4 members (excludes halogenated alkanes) is 27. The van der Waals surface area contributed by atoms with Gasteiger partial charge in [-0.3, -0.25) is 14.4 Å². The third-order valence-corrected chi connectivity index (χ3v) is 12.0. The number of rotatable bonds is 50. The number of hydrogen-bond donors (Lipinski definition) is 0. The molecule has 0 aromatic carbocycles. The van der Waals surface area contributed by atoms with Crippen molar-refractivity contribution in [1.29, 1.82) is 0 Å². The minimum atomic E-state index is -0.814. The standard InChI is InChI=1S/C60H104O6/c1-4-7-10-13-16-19-22-25-27-29-30-31-33-35-38-41-44-47-50-53-59(62)65-56-57(55-64-58(61)52-49-46-43-40-37-34-24-21-18-15-12-9-6-3)66-60(63)54-51-48-45-42-39-36-32-28-26-23-20-17-14-11-8-5-2/h8,11,17,20,26,28-30,36,39,45,48,57H,4-7,9-10,12-16,18-19,21-25,27,31-35,37-38,40-44,46-47,49-56H2,1-3H3/b11-8-,20-17-,28-26-,30-29-,39-36-,48-45-. The maximum Gasteiger partial charge on any atom is 0.306 e. The molecule has 6 heteroatoms. The predicted octanol–water partition coefficient (Wildman–Crippen LogP) is 18.6. The minimum Gasteiger partial charge on any atom is -0.462 e. The molecule has 0 aliphatic carbocycles. The number of carbonyl (C=O) groups is 3. The molecular weight excluding hydrogens is 817 g/mol. The van der Waals surface area contributed by atoms with Crippen LogP contribution >= 0.6 is 0 Å². The summed E-state index contributed by atoms with van der Waals surface area (Å²) in [6.45, 7) is 6.47. The molecule has 0 aromatic rings. The molecule has 0 spiro atoms. The number of carbonyl (C=O) groups excluding carboxylic acids is 3. The van der Waals surface area contributed by atoms with Crippen molar-refractivity contribution in [3.05, 3.63) is 72.9 Å². The van der Waals surface area contributed by atoms with Gasteiger partial charge in [-0.05, 0) is 77.0 Å². The molecule has 0 aromatic heterocycles. The maximum absolute atomic E-state index is 12.8. The van der Waals surface area contributed by atoms with Gasteiger partial charge in [-0.25, -0.2) is 0 Å². The van der Waals surface area contributed by atoms with E-state index in [9.17, 15) is 14.4 Å². The molecule has 0 amide bonds. The Morgan fingerprint density at radius 1 is 0.318 bits per heavy atom. The molecule has 0 rings (SSSR count). The quantitative estimate of drug-likeness (QED) is 0.0262. The van der Waals surface area contributed by atoms with Crippen LogP contribution in [0.2, 0.25) is 0 Å². The van der Waals surface area contributed by atoms with Gasteiger partial charge in [0, 0.05) is 19.3 Å². The molecule has 380 valence electrons. The number of esters is 3. The lowest BCUT2D eigenvalue weighted by atomic mass is 10.0. The predicted molar refractivity (Wildman–Crippen MR) is 284 cm³/mol. The normalized spacial score (nSPS) is 12.6. The lowest BCUT2D eigenvalue weighted by molar-refractivity contribution is -0.166. The highest BCUT2D eigenvalue weighted by Crippen LogP contribution is 2.15. The Morgan fingerprint density at radius 3 is 0.985 bits per heavy atom. The van der Waals surface area contributed by atoms with Crippen LogP contribution in [-0.2, 0) is 28.6 Å². The average molecular weight is 921 g/mol. The molecule has 0 radical (unpaired) electrons. The molecule has 6 nitrogen and oxygen atoms in total. The summed E-state index contributed by atoms with van der Waals surface area (Å²) in [4.78, 5) is 38.0. The Labute approximate surface area is 408 Å². The van der Waals surface area contributed by atoms with Gasteiger partial charge in [0.2, 0.25) is 0 Å². The van der Waals surface area contributed by atoms with Crippen molar-refractivity contribution >= 4 is 17.9 Å². The molecule has 0 aliphatic rings. The van der Waals surface area contributed by atoms with Crippen LogP contribution in [0.3, 0.4) is 0 Å². The van der Waals surface area contributed by atoms with Gasteiger partial charge in [0.15, 0.2) is 6.10 Å². The molecule has 1 atom stereocenters. The second-order valence-corrected chi connectivity index (χ2v) is 18.5. The molecular formula is C60H104O6. The van der Waals surface area contributed by atoms with Crippen LogP contribution in [0.25, 0.3) is 0 Å². The summed E-state index contributed by atoms with van der Waals surface area (Å²) in [6, 6.07) is 0. The van der Waals surface area contributed by atoms with Crippen molar-refractivity contribution in [1.82, 2.24) is 0 Å². The van der Waals surface area contributed by atoms with Gasteiger partial charge < -0.3 is 14.2 Å². The van der Waals surface area contributed by atoms with E-state index in [0.717, 1.165) is 70.6 Å². The molecule has 0 aliphatic heterocycles. The van der Waals surface area contributed by atoms with E-state index >= 15 is 0 Å². The van der Waals surface area contributed by atoms with Crippen LogP contribution in [0, 0.1) is 0 Å². The van der Waals surface area contributed by atoms with E-state index in [2.05, 4.69) is 87.6 Å². The van der Waals surface area contributed by atoms with E-state index in [1.807, 2.05) is 6.08 Å². The summed E-state index contributed by atoms with van der Waals surface area (Å²) in [5, 5.41) is 0. The minimum absolute atomic E-state index is 0.104. The molecule has 0 N–H and O–H groups in total. The largest absolute Gasteiger partial charge is 0.462 e. The number of ether oxygens (including phenoxy) is 3. The highest BCUT2D eigenvalue weighted by atomic mass is 16.6. The average Bonchev–Trinajstić information content (AvgIpc) is 3.31. The molecule has 66 heavy (non-hydrogen) atoms. The van der Waals surface area contributed by atoms with Gasteiger partial charge in [-0.2, -0.15) is 0 Å². The number of hydrogen-bond acceptors (Lipinski definition) is 6. The topological polar surface area (TPSA) is 78.9 Å². The Kier molecular flexibility index (Phi) is 51.9. The van der Waals surface area contributed by atoms with Gasteiger partial charge in [-0.15, -0.1) is 0 Å². The van der Waals surface area contributed by atoms with E-state index < -0.39 is 6.10 Å². The van der Waals surface area contributed by atoms with Crippen LogP contribution in [0.5, 0.6) is 0 Å². The highest BCUT2D eigenvalue weighted by molar-refractivity contribution is 5.71. The van der Waals surface area contributed by atoms with Crippen molar-refractivity contribution in [3.8, 4) is 0 Å². The summed E-state index contributed by atoms with van der Waals surface area (Å²) in [6.07, 6.45) is 69.0.